The van der Waals surface area contributed by atoms with Gasteiger partial charge < -0.3 is 25.6 Å². The number of amides is 3. The molecular formula is C26H36N3O8P. The number of allylic oxidation sites excluding steroid dienone is 3. The second-order valence-electron chi connectivity index (χ2n) is 9.72. The Morgan fingerprint density at radius 1 is 1.11 bits per heavy atom. The van der Waals surface area contributed by atoms with Gasteiger partial charge in [-0.3, -0.25) is 24.2 Å². The first-order valence-corrected chi connectivity index (χ1v) is 14.3. The minimum Gasteiger partial charge on any atom is -0.490 e. The van der Waals surface area contributed by atoms with Crippen LogP contribution in [-0.2, 0) is 18.7 Å². The smallest absolute Gasteiger partial charge is 0.490 e. The minimum absolute atomic E-state index is 0.0478. The fourth-order valence-electron chi connectivity index (χ4n) is 4.65. The van der Waals surface area contributed by atoms with Crippen molar-refractivity contribution in [2.45, 2.75) is 83.4 Å². The summed E-state index contributed by atoms with van der Waals surface area (Å²) in [5, 5.41) is 5.54. The van der Waals surface area contributed by atoms with Gasteiger partial charge in [0.05, 0.1) is 17.7 Å². The molecule has 0 spiro atoms. The molecule has 0 radical (unpaired) electrons. The zero-order valence-corrected chi connectivity index (χ0v) is 22.5. The van der Waals surface area contributed by atoms with Gasteiger partial charge in [0.1, 0.15) is 17.6 Å². The highest BCUT2D eigenvalue weighted by molar-refractivity contribution is 7.46. The quantitative estimate of drug-likeness (QED) is 0.261. The van der Waals surface area contributed by atoms with E-state index in [1.165, 1.54) is 19.4 Å². The molecule has 1 aromatic rings. The van der Waals surface area contributed by atoms with Crippen LogP contribution in [0.4, 0.5) is 0 Å². The lowest BCUT2D eigenvalue weighted by molar-refractivity contribution is -0.128. The summed E-state index contributed by atoms with van der Waals surface area (Å²) < 4.78 is 21.7. The molecule has 6 N–H and O–H groups in total. The van der Waals surface area contributed by atoms with E-state index in [4.69, 9.17) is 20.3 Å². The Kier molecular flexibility index (Phi) is 10.1. The first kappa shape index (κ1) is 29.4. The monoisotopic (exact) mass is 549 g/mol. The molecule has 208 valence electrons. The predicted octanol–water partition coefficient (Wildman–Crippen LogP) is 3.28. The third kappa shape index (κ3) is 9.01. The number of rotatable bonds is 11. The fourth-order valence-corrected chi connectivity index (χ4v) is 5.11. The topological polar surface area (TPSA) is 177 Å². The average Bonchev–Trinajstić information content (AvgIpc) is 2.84. The van der Waals surface area contributed by atoms with Crippen LogP contribution < -0.4 is 21.1 Å². The number of ether oxygens (including phenoxy) is 1. The van der Waals surface area contributed by atoms with Crippen molar-refractivity contribution in [1.29, 1.82) is 0 Å². The molecular weight excluding hydrogens is 513 g/mol. The van der Waals surface area contributed by atoms with Gasteiger partial charge >= 0.3 is 7.82 Å². The maximum Gasteiger partial charge on any atom is 0.524 e. The van der Waals surface area contributed by atoms with E-state index in [1.54, 1.807) is 31.2 Å². The molecule has 11 nitrogen and oxygen atoms in total. The van der Waals surface area contributed by atoms with Gasteiger partial charge in [0.15, 0.2) is 0 Å². The van der Waals surface area contributed by atoms with Crippen LogP contribution in [0.15, 0.2) is 41.7 Å². The minimum atomic E-state index is -4.64. The molecule has 3 rings (SSSR count). The molecule has 0 bridgehead atoms. The molecule has 1 aromatic carbocycles. The third-order valence-corrected chi connectivity index (χ3v) is 7.04. The zero-order chi connectivity index (χ0) is 27.9. The second kappa shape index (κ2) is 13.1. The molecule has 0 heterocycles. The molecule has 2 aliphatic carbocycles. The molecule has 2 aliphatic rings. The summed E-state index contributed by atoms with van der Waals surface area (Å²) in [5.41, 5.74) is 7.34. The molecule has 1 fully saturated rings. The van der Waals surface area contributed by atoms with Crippen LogP contribution >= 0.6 is 7.82 Å². The van der Waals surface area contributed by atoms with Crippen LogP contribution in [0.1, 0.15) is 87.2 Å². The highest BCUT2D eigenvalue weighted by Crippen LogP contribution is 2.41. The Morgan fingerprint density at radius 2 is 1.82 bits per heavy atom. The summed E-state index contributed by atoms with van der Waals surface area (Å²) in [6, 6.07) is 3.73. The summed E-state index contributed by atoms with van der Waals surface area (Å²) >= 11 is 0. The maximum atomic E-state index is 13.1. The first-order chi connectivity index (χ1) is 17.9. The van der Waals surface area contributed by atoms with Crippen molar-refractivity contribution in [3.8, 4) is 5.75 Å². The number of phosphoric ester groups is 1. The van der Waals surface area contributed by atoms with Gasteiger partial charge in [-0.25, -0.2) is 4.57 Å². The lowest BCUT2D eigenvalue weighted by Crippen LogP contribution is -2.47. The van der Waals surface area contributed by atoms with Gasteiger partial charge in [-0.15, -0.1) is 0 Å². The van der Waals surface area contributed by atoms with E-state index >= 15 is 0 Å². The van der Waals surface area contributed by atoms with Crippen molar-refractivity contribution in [3.63, 3.8) is 0 Å². The number of nitrogens with one attached hydrogen (secondary N) is 2. The number of carbonyl (C=O) groups is 3. The predicted molar refractivity (Wildman–Crippen MR) is 140 cm³/mol. The van der Waals surface area contributed by atoms with E-state index in [-0.39, 0.29) is 36.2 Å². The molecule has 12 heteroatoms. The third-order valence-electron chi connectivity index (χ3n) is 6.57. The number of phosphoric acid groups is 1. The summed E-state index contributed by atoms with van der Waals surface area (Å²) in [6.07, 6.45) is 9.22. The van der Waals surface area contributed by atoms with Crippen molar-refractivity contribution in [3.05, 3.63) is 52.8 Å². The summed E-state index contributed by atoms with van der Waals surface area (Å²) in [6.45, 7) is 3.08. The van der Waals surface area contributed by atoms with E-state index in [0.29, 0.717) is 17.7 Å². The molecule has 2 unspecified atom stereocenters. The Bertz CT molecular complexity index is 1150. The van der Waals surface area contributed by atoms with E-state index in [0.717, 1.165) is 31.3 Å². The highest BCUT2D eigenvalue weighted by Gasteiger charge is 2.26. The van der Waals surface area contributed by atoms with Crippen molar-refractivity contribution in [1.82, 2.24) is 10.6 Å². The number of hydrogen-bond donors (Lipinski definition) is 5. The standard InChI is InChI=1S/C26H36N3O8P/c1-16(19-10-13-24(22(15-19)25(27)31)36-20-6-4-3-5-7-20)28-26(32)23(29-17(2)30)14-18-8-11-21(12-9-18)37-38(33,34)35/h8,10-11,13,15-16,20,23H,3-7,9,12,14H2,1-2H3,(H2,27,31)(H,28,32)(H,29,30)(H2,33,34,35). The molecule has 38 heavy (non-hydrogen) atoms. The van der Waals surface area contributed by atoms with E-state index in [1.807, 2.05) is 0 Å². The molecule has 0 saturated heterocycles. The fraction of sp³-hybridized carbons (Fsp3) is 0.500. The van der Waals surface area contributed by atoms with Gasteiger partial charge in [0.25, 0.3) is 5.91 Å². The summed E-state index contributed by atoms with van der Waals surface area (Å²) in [4.78, 5) is 55.0. The number of nitrogens with two attached hydrogens (primary N) is 1. The number of hydrogen-bond acceptors (Lipinski definition) is 6. The Hall–Kier alpha value is -3.14. The normalized spacial score (nSPS) is 17.9. The summed E-state index contributed by atoms with van der Waals surface area (Å²) in [5.74, 6) is -0.834. The number of benzene rings is 1. The van der Waals surface area contributed by atoms with Crippen LogP contribution in [0, 0.1) is 0 Å². The second-order valence-corrected chi connectivity index (χ2v) is 10.9. The van der Waals surface area contributed by atoms with Gasteiger partial charge in [-0.1, -0.05) is 24.1 Å². The molecule has 3 amide bonds. The summed E-state index contributed by atoms with van der Waals surface area (Å²) in [7, 11) is -4.64. The van der Waals surface area contributed by atoms with Crippen molar-refractivity contribution in [2.24, 2.45) is 5.73 Å². The van der Waals surface area contributed by atoms with Crippen molar-refractivity contribution in [2.75, 3.05) is 0 Å². The Balaban J connectivity index is 1.69. The van der Waals surface area contributed by atoms with E-state index in [9.17, 15) is 18.9 Å². The lowest BCUT2D eigenvalue weighted by Gasteiger charge is -2.25. The van der Waals surface area contributed by atoms with Gasteiger partial charge in [0.2, 0.25) is 11.8 Å². The van der Waals surface area contributed by atoms with E-state index < -0.39 is 31.7 Å². The number of primary amides is 1. The van der Waals surface area contributed by atoms with Crippen LogP contribution in [0.5, 0.6) is 5.75 Å². The van der Waals surface area contributed by atoms with Crippen LogP contribution in [0.2, 0.25) is 0 Å². The molecule has 0 aliphatic heterocycles. The zero-order valence-electron chi connectivity index (χ0n) is 21.6. The molecule has 2 atom stereocenters. The van der Waals surface area contributed by atoms with E-state index in [2.05, 4.69) is 15.2 Å². The Morgan fingerprint density at radius 3 is 2.39 bits per heavy atom. The highest BCUT2D eigenvalue weighted by atomic mass is 31.2. The maximum absolute atomic E-state index is 13.1. The Labute approximate surface area is 222 Å². The largest absolute Gasteiger partial charge is 0.524 e. The SMILES string of the molecule is CC(=O)NC(CC1=CC=C(OP(=O)(O)O)CC1)C(=O)NC(C)c1ccc(OC2CCCCC2)c(C(N)=O)c1. The first-order valence-electron chi connectivity index (χ1n) is 12.7. The lowest BCUT2D eigenvalue weighted by atomic mass is 9.96. The average molecular weight is 550 g/mol. The van der Waals surface area contributed by atoms with Crippen molar-refractivity contribution < 1.29 is 38.0 Å². The van der Waals surface area contributed by atoms with Gasteiger partial charge in [-0.05, 0) is 69.2 Å². The van der Waals surface area contributed by atoms with Gasteiger partial charge in [0, 0.05) is 13.3 Å². The molecule has 0 aromatic heterocycles. The van der Waals surface area contributed by atoms with Crippen LogP contribution in [-0.4, -0.2) is 39.7 Å². The van der Waals surface area contributed by atoms with Crippen LogP contribution in [0.25, 0.3) is 0 Å². The van der Waals surface area contributed by atoms with Crippen molar-refractivity contribution >= 4 is 25.5 Å². The molecule has 1 saturated carbocycles. The van der Waals surface area contributed by atoms with Crippen LogP contribution in [0.3, 0.4) is 0 Å². The number of carbonyl (C=O) groups excluding carboxylic acids is 3. The van der Waals surface area contributed by atoms with Gasteiger partial charge in [-0.2, -0.15) is 0 Å².